The number of aryl methyl sites for hydroxylation is 1. The fourth-order valence-electron chi connectivity index (χ4n) is 2.15. The Balaban J connectivity index is 2.10. The third-order valence-electron chi connectivity index (χ3n) is 3.37. The van der Waals surface area contributed by atoms with E-state index < -0.39 is 17.3 Å². The number of aliphatic hydroxyl groups is 1. The molecule has 2 aromatic rings. The monoisotopic (exact) mass is 287 g/mol. The molecule has 0 radical (unpaired) electrons. The second kappa shape index (κ2) is 6.06. The van der Waals surface area contributed by atoms with Crippen LogP contribution >= 0.6 is 0 Å². The van der Waals surface area contributed by atoms with Gasteiger partial charge in [0, 0.05) is 0 Å². The summed E-state index contributed by atoms with van der Waals surface area (Å²) < 4.78 is 13.8. The molecule has 1 atom stereocenters. The van der Waals surface area contributed by atoms with E-state index in [0.717, 1.165) is 0 Å². The number of nitrogens with one attached hydrogen (secondary N) is 1. The molecule has 2 aromatic carbocycles. The summed E-state index contributed by atoms with van der Waals surface area (Å²) in [6.07, 6.45) is -0.148. The maximum absolute atomic E-state index is 13.8. The van der Waals surface area contributed by atoms with Gasteiger partial charge in [0.2, 0.25) is 5.91 Å². The van der Waals surface area contributed by atoms with Crippen molar-refractivity contribution in [3.05, 3.63) is 65.5 Å². The Labute approximate surface area is 123 Å². The van der Waals surface area contributed by atoms with Crippen molar-refractivity contribution in [1.82, 2.24) is 0 Å². The van der Waals surface area contributed by atoms with Crippen molar-refractivity contribution in [3.8, 4) is 0 Å². The topological polar surface area (TPSA) is 49.3 Å². The van der Waals surface area contributed by atoms with Crippen molar-refractivity contribution in [3.63, 3.8) is 0 Å². The van der Waals surface area contributed by atoms with Gasteiger partial charge in [0.25, 0.3) is 0 Å². The molecule has 0 fully saturated rings. The number of amides is 1. The molecule has 1 amide bonds. The first-order valence-corrected chi connectivity index (χ1v) is 6.73. The van der Waals surface area contributed by atoms with Gasteiger partial charge >= 0.3 is 0 Å². The molecule has 0 saturated carbocycles. The lowest BCUT2D eigenvalue weighted by Gasteiger charge is -2.23. The van der Waals surface area contributed by atoms with Crippen LogP contribution in [0.5, 0.6) is 0 Å². The summed E-state index contributed by atoms with van der Waals surface area (Å²) in [6, 6.07) is 13.7. The minimum absolute atomic E-state index is 0.129. The molecule has 3 nitrogen and oxygen atoms in total. The Morgan fingerprint density at radius 1 is 1.19 bits per heavy atom. The Hall–Kier alpha value is -2.20. The summed E-state index contributed by atoms with van der Waals surface area (Å²) in [5.74, 6) is -0.890. The quantitative estimate of drug-likeness (QED) is 0.905. The number of anilines is 1. The fraction of sp³-hybridized carbons (Fsp3) is 0.235. The zero-order valence-corrected chi connectivity index (χ0v) is 12.1. The second-order valence-electron chi connectivity index (χ2n) is 5.30. The first-order valence-electron chi connectivity index (χ1n) is 6.73. The lowest BCUT2D eigenvalue weighted by molar-refractivity contribution is -0.120. The van der Waals surface area contributed by atoms with Crippen molar-refractivity contribution in [2.24, 2.45) is 0 Å². The molecule has 0 aliphatic heterocycles. The van der Waals surface area contributed by atoms with Gasteiger partial charge in [0.1, 0.15) is 5.82 Å². The van der Waals surface area contributed by atoms with Crippen LogP contribution in [-0.4, -0.2) is 11.0 Å². The van der Waals surface area contributed by atoms with E-state index in [1.807, 2.05) is 6.07 Å². The Morgan fingerprint density at radius 3 is 2.52 bits per heavy atom. The highest BCUT2D eigenvalue weighted by Crippen LogP contribution is 2.25. The van der Waals surface area contributed by atoms with Crippen LogP contribution in [0.3, 0.4) is 0 Å². The van der Waals surface area contributed by atoms with Gasteiger partial charge in [-0.1, -0.05) is 42.5 Å². The van der Waals surface area contributed by atoms with Crippen LogP contribution in [0.2, 0.25) is 0 Å². The molecular formula is C17H18FNO2. The van der Waals surface area contributed by atoms with E-state index in [-0.39, 0.29) is 12.1 Å². The largest absolute Gasteiger partial charge is 0.385 e. The maximum atomic E-state index is 13.8. The van der Waals surface area contributed by atoms with Gasteiger partial charge in [-0.2, -0.15) is 0 Å². The lowest BCUT2D eigenvalue weighted by Crippen LogP contribution is -2.28. The van der Waals surface area contributed by atoms with E-state index in [9.17, 15) is 14.3 Å². The van der Waals surface area contributed by atoms with Gasteiger partial charge in [-0.05, 0) is 31.0 Å². The number of carbonyl (C=O) groups excluding carboxylic acids is 1. The molecule has 2 N–H and O–H groups in total. The number of benzene rings is 2. The van der Waals surface area contributed by atoms with Crippen molar-refractivity contribution in [2.75, 3.05) is 5.32 Å². The zero-order valence-electron chi connectivity index (χ0n) is 12.1. The van der Waals surface area contributed by atoms with Crippen molar-refractivity contribution < 1.29 is 14.3 Å². The van der Waals surface area contributed by atoms with E-state index in [1.165, 1.54) is 6.07 Å². The molecule has 110 valence electrons. The second-order valence-corrected chi connectivity index (χ2v) is 5.30. The van der Waals surface area contributed by atoms with Gasteiger partial charge in [0.15, 0.2) is 0 Å². The average Bonchev–Trinajstić information content (AvgIpc) is 2.44. The minimum atomic E-state index is -1.30. The fourth-order valence-corrected chi connectivity index (χ4v) is 2.15. The number of halogens is 1. The number of carbonyl (C=O) groups is 1. The summed E-state index contributed by atoms with van der Waals surface area (Å²) in [5, 5.41) is 12.9. The SMILES string of the molecule is Cc1cccc(NC(=O)CC(C)(O)c2ccccc2)c1F. The maximum Gasteiger partial charge on any atom is 0.227 e. The van der Waals surface area contributed by atoms with Gasteiger partial charge in [-0.25, -0.2) is 4.39 Å². The molecule has 0 aliphatic carbocycles. The third-order valence-corrected chi connectivity index (χ3v) is 3.37. The Morgan fingerprint density at radius 2 is 1.86 bits per heavy atom. The molecule has 1 unspecified atom stereocenters. The number of hydrogen-bond donors (Lipinski definition) is 2. The van der Waals surface area contributed by atoms with E-state index >= 15 is 0 Å². The Kier molecular flexibility index (Phi) is 4.38. The third kappa shape index (κ3) is 3.67. The predicted octanol–water partition coefficient (Wildman–Crippen LogP) is 3.37. The summed E-state index contributed by atoms with van der Waals surface area (Å²) in [7, 11) is 0. The summed E-state index contributed by atoms with van der Waals surface area (Å²) in [5.41, 5.74) is -0.0672. The normalized spacial score (nSPS) is 13.5. The highest BCUT2D eigenvalue weighted by Gasteiger charge is 2.26. The van der Waals surface area contributed by atoms with E-state index in [2.05, 4.69) is 5.32 Å². The van der Waals surface area contributed by atoms with Gasteiger partial charge < -0.3 is 10.4 Å². The van der Waals surface area contributed by atoms with Gasteiger partial charge in [0.05, 0.1) is 17.7 Å². The summed E-state index contributed by atoms with van der Waals surface area (Å²) in [6.45, 7) is 3.19. The molecule has 0 saturated heterocycles. The first kappa shape index (κ1) is 15.2. The first-order chi connectivity index (χ1) is 9.90. The summed E-state index contributed by atoms with van der Waals surface area (Å²) in [4.78, 5) is 12.0. The van der Waals surface area contributed by atoms with Crippen LogP contribution in [0, 0.1) is 12.7 Å². The molecule has 2 rings (SSSR count). The van der Waals surface area contributed by atoms with Gasteiger partial charge in [-0.3, -0.25) is 4.79 Å². The lowest BCUT2D eigenvalue weighted by atomic mass is 9.92. The van der Waals surface area contributed by atoms with E-state index in [0.29, 0.717) is 11.1 Å². The van der Waals surface area contributed by atoms with Crippen molar-refractivity contribution in [2.45, 2.75) is 25.9 Å². The summed E-state index contributed by atoms with van der Waals surface area (Å²) >= 11 is 0. The smallest absolute Gasteiger partial charge is 0.227 e. The average molecular weight is 287 g/mol. The van der Waals surface area contributed by atoms with Crippen LogP contribution in [0.15, 0.2) is 48.5 Å². The van der Waals surface area contributed by atoms with E-state index in [4.69, 9.17) is 0 Å². The van der Waals surface area contributed by atoms with Crippen LogP contribution in [-0.2, 0) is 10.4 Å². The number of hydrogen-bond acceptors (Lipinski definition) is 2. The standard InChI is InChI=1S/C17H18FNO2/c1-12-7-6-10-14(16(12)18)19-15(20)11-17(2,21)13-8-4-3-5-9-13/h3-10,21H,11H2,1-2H3,(H,19,20). The Bertz CT molecular complexity index is 638. The molecule has 4 heteroatoms. The van der Waals surface area contributed by atoms with Gasteiger partial charge in [-0.15, -0.1) is 0 Å². The van der Waals surface area contributed by atoms with E-state index in [1.54, 1.807) is 50.2 Å². The van der Waals surface area contributed by atoms with Crippen LogP contribution in [0.1, 0.15) is 24.5 Å². The zero-order chi connectivity index (χ0) is 15.5. The molecule has 0 heterocycles. The molecular weight excluding hydrogens is 269 g/mol. The predicted molar refractivity (Wildman–Crippen MR) is 80.4 cm³/mol. The molecule has 0 aromatic heterocycles. The number of rotatable bonds is 4. The molecule has 0 spiro atoms. The van der Waals surface area contributed by atoms with Crippen LogP contribution in [0.4, 0.5) is 10.1 Å². The molecule has 0 aliphatic rings. The highest BCUT2D eigenvalue weighted by atomic mass is 19.1. The molecule has 0 bridgehead atoms. The van der Waals surface area contributed by atoms with Crippen LogP contribution < -0.4 is 5.32 Å². The highest BCUT2D eigenvalue weighted by molar-refractivity contribution is 5.91. The minimum Gasteiger partial charge on any atom is -0.385 e. The molecule has 21 heavy (non-hydrogen) atoms. The van der Waals surface area contributed by atoms with Crippen molar-refractivity contribution in [1.29, 1.82) is 0 Å². The van der Waals surface area contributed by atoms with Crippen LogP contribution in [0.25, 0.3) is 0 Å². The van der Waals surface area contributed by atoms with Crippen molar-refractivity contribution >= 4 is 11.6 Å².